The van der Waals surface area contributed by atoms with Gasteiger partial charge < -0.3 is 41.9 Å². The van der Waals surface area contributed by atoms with Gasteiger partial charge in [0.15, 0.2) is 5.78 Å². The second-order valence-electron chi connectivity index (χ2n) is 16.1. The number of primary amides is 1. The van der Waals surface area contributed by atoms with Crippen LogP contribution >= 0.6 is 0 Å². The average Bonchev–Trinajstić information content (AvgIpc) is 3.27. The smallest absolute Gasteiger partial charge is 0.423 e. The minimum absolute atomic E-state index is 0.000336. The Morgan fingerprint density at radius 3 is 2.22 bits per heavy atom. The van der Waals surface area contributed by atoms with Crippen molar-refractivity contribution in [1.29, 1.82) is 0 Å². The number of rotatable bonds is 8. The Balaban J connectivity index is 1.34. The second kappa shape index (κ2) is 20.8. The molecule has 326 valence electrons. The number of Topliss-reactive ketones (excluding diaryl/α,β-unsaturated/α-hetero) is 1. The number of piperidine rings is 1. The first-order chi connectivity index (χ1) is 30.2. The molecule has 63 heavy (non-hydrogen) atoms. The minimum atomic E-state index is -1.82. The highest BCUT2D eigenvalue weighted by Crippen LogP contribution is 2.35. The first-order valence-electron chi connectivity index (χ1n) is 20.8. The lowest BCUT2D eigenvalue weighted by Crippen LogP contribution is -2.58. The standard InChI is InChI=1S/C47H51BN6O9/c1-30(55)37-25-35(16-17-38(37)48(62)63)33-14-12-31(13-15-33)24-40-45(60)51-28-36-11-6-5-10-34(36)26-42(57)52-39(44(49)59)20-22-50-41(56)18-19-43(58)54-23-7-21-47(29-54,46(61)53-40)27-32-8-3-2-4-9-32/h2-6,8-19,25,39-40,62-63H,7,20-24,26-29H2,1H3,(H2,49,59)(H,50,56)(H,51,60)(H,52,57)(H,53,61)/b19-18+/t39-,40-,47-/m0/s1. The predicted octanol–water partition coefficient (Wildman–Crippen LogP) is 1.02. The molecule has 6 rings (SSSR count). The summed E-state index contributed by atoms with van der Waals surface area (Å²) >= 11 is 0. The molecule has 4 aromatic rings. The Bertz CT molecular complexity index is 2390. The van der Waals surface area contributed by atoms with Gasteiger partial charge in [-0.25, -0.2) is 0 Å². The first kappa shape index (κ1) is 45.6. The maximum absolute atomic E-state index is 14.9. The van der Waals surface area contributed by atoms with Crippen LogP contribution in [-0.4, -0.2) is 95.0 Å². The molecule has 2 bridgehead atoms. The quantitative estimate of drug-likeness (QED) is 0.0989. The van der Waals surface area contributed by atoms with Crippen LogP contribution in [0.3, 0.4) is 0 Å². The number of benzene rings is 4. The van der Waals surface area contributed by atoms with E-state index >= 15 is 0 Å². The van der Waals surface area contributed by atoms with Crippen LogP contribution in [-0.2, 0) is 54.6 Å². The lowest BCUT2D eigenvalue weighted by atomic mass is 9.74. The number of hydrogen-bond acceptors (Lipinski definition) is 9. The Morgan fingerprint density at radius 2 is 1.52 bits per heavy atom. The monoisotopic (exact) mass is 854 g/mol. The van der Waals surface area contributed by atoms with Crippen LogP contribution < -0.4 is 32.5 Å². The van der Waals surface area contributed by atoms with Crippen LogP contribution in [0.4, 0.5) is 0 Å². The first-order valence-corrected chi connectivity index (χ1v) is 20.8. The number of ketones is 1. The zero-order valence-corrected chi connectivity index (χ0v) is 35.0. The highest BCUT2D eigenvalue weighted by molar-refractivity contribution is 6.60. The molecule has 1 saturated heterocycles. The highest BCUT2D eigenvalue weighted by Gasteiger charge is 2.44. The molecule has 0 aromatic heterocycles. The topological polar surface area (TPSA) is 237 Å². The van der Waals surface area contributed by atoms with E-state index in [1.807, 2.05) is 30.3 Å². The number of carbonyl (C=O) groups excluding carboxylic acids is 7. The lowest BCUT2D eigenvalue weighted by Gasteiger charge is -2.42. The van der Waals surface area contributed by atoms with Gasteiger partial charge in [-0.05, 0) is 77.5 Å². The summed E-state index contributed by atoms with van der Waals surface area (Å²) in [6.07, 6.45) is 3.29. The van der Waals surface area contributed by atoms with Crippen LogP contribution in [0.1, 0.15) is 58.8 Å². The maximum atomic E-state index is 14.9. The lowest BCUT2D eigenvalue weighted by molar-refractivity contribution is -0.141. The summed E-state index contributed by atoms with van der Waals surface area (Å²) in [6.45, 7) is 1.68. The van der Waals surface area contributed by atoms with Crippen molar-refractivity contribution < 1.29 is 43.6 Å². The predicted molar refractivity (Wildman–Crippen MR) is 236 cm³/mol. The van der Waals surface area contributed by atoms with Crippen molar-refractivity contribution >= 4 is 53.8 Å². The van der Waals surface area contributed by atoms with Crippen LogP contribution in [0.2, 0.25) is 0 Å². The molecule has 0 saturated carbocycles. The molecule has 0 radical (unpaired) electrons. The number of hydrogen-bond donors (Lipinski definition) is 7. The van der Waals surface area contributed by atoms with Crippen LogP contribution in [0.15, 0.2) is 109 Å². The van der Waals surface area contributed by atoms with E-state index in [2.05, 4.69) is 21.3 Å². The summed E-state index contributed by atoms with van der Waals surface area (Å²) in [5.74, 6) is -3.62. The normalized spacial score (nSPS) is 20.9. The third kappa shape index (κ3) is 11.9. The fourth-order valence-corrected chi connectivity index (χ4v) is 8.13. The van der Waals surface area contributed by atoms with Crippen molar-refractivity contribution in [2.75, 3.05) is 19.6 Å². The number of nitrogens with two attached hydrogens (primary N) is 1. The molecule has 0 spiro atoms. The summed E-state index contributed by atoms with van der Waals surface area (Å²) in [4.78, 5) is 94.9. The Kier molecular flexibility index (Phi) is 15.0. The number of amides is 6. The van der Waals surface area contributed by atoms with Gasteiger partial charge >= 0.3 is 7.12 Å². The molecule has 0 aliphatic carbocycles. The third-order valence-electron chi connectivity index (χ3n) is 11.5. The van der Waals surface area contributed by atoms with E-state index in [9.17, 15) is 43.6 Å². The molecule has 4 aromatic carbocycles. The number of carbonyl (C=O) groups is 7. The van der Waals surface area contributed by atoms with Crippen molar-refractivity contribution in [3.8, 4) is 11.1 Å². The highest BCUT2D eigenvalue weighted by atomic mass is 16.4. The Hall–Kier alpha value is -6.91. The van der Waals surface area contributed by atoms with E-state index in [1.165, 1.54) is 17.9 Å². The summed E-state index contributed by atoms with van der Waals surface area (Å²) < 4.78 is 0. The van der Waals surface area contributed by atoms with E-state index in [1.54, 1.807) is 60.7 Å². The van der Waals surface area contributed by atoms with Gasteiger partial charge in [-0.2, -0.15) is 0 Å². The third-order valence-corrected chi connectivity index (χ3v) is 11.5. The fourth-order valence-electron chi connectivity index (χ4n) is 8.13. The van der Waals surface area contributed by atoms with E-state index in [-0.39, 0.29) is 62.1 Å². The van der Waals surface area contributed by atoms with Gasteiger partial charge in [0, 0.05) is 50.3 Å². The molecule has 2 aliphatic rings. The van der Waals surface area contributed by atoms with Gasteiger partial charge in [0.05, 0.1) is 11.8 Å². The molecule has 2 heterocycles. The molecular weight excluding hydrogens is 803 g/mol. The molecule has 15 nitrogen and oxygen atoms in total. The molecule has 2 aliphatic heterocycles. The molecule has 1 fully saturated rings. The van der Waals surface area contributed by atoms with Gasteiger partial charge in [0.1, 0.15) is 12.1 Å². The van der Waals surface area contributed by atoms with E-state index in [0.717, 1.165) is 23.3 Å². The van der Waals surface area contributed by atoms with Gasteiger partial charge in [-0.3, -0.25) is 33.6 Å². The van der Waals surface area contributed by atoms with Gasteiger partial charge in [0.25, 0.3) is 0 Å². The molecule has 16 heteroatoms. The van der Waals surface area contributed by atoms with Gasteiger partial charge in [0.2, 0.25) is 35.4 Å². The second-order valence-corrected chi connectivity index (χ2v) is 16.1. The zero-order valence-electron chi connectivity index (χ0n) is 35.0. The van der Waals surface area contributed by atoms with E-state index < -0.39 is 60.1 Å². The van der Waals surface area contributed by atoms with Crippen LogP contribution in [0.5, 0.6) is 0 Å². The maximum Gasteiger partial charge on any atom is 0.489 e. The summed E-state index contributed by atoms with van der Waals surface area (Å²) in [5, 5.41) is 30.8. The SMILES string of the molecule is CC(=O)c1cc(-c2ccc(C[C@@H]3NC(=O)[C@]4(Cc5ccccc5)CCCN(C4)C(=O)/C=C/C(=O)NCC[C@@H](C(N)=O)NC(=O)Cc4ccccc4CNC3=O)cc2)ccc1B(O)O. The van der Waals surface area contributed by atoms with Crippen molar-refractivity contribution in [3.05, 3.63) is 137 Å². The van der Waals surface area contributed by atoms with E-state index in [0.29, 0.717) is 41.6 Å². The number of fused-ring (bicyclic) bond motifs is 3. The van der Waals surface area contributed by atoms with Crippen molar-refractivity contribution in [3.63, 3.8) is 0 Å². The average molecular weight is 855 g/mol. The van der Waals surface area contributed by atoms with Crippen molar-refractivity contribution in [2.24, 2.45) is 11.1 Å². The molecule has 6 amide bonds. The molecule has 3 atom stereocenters. The zero-order chi connectivity index (χ0) is 45.1. The van der Waals surface area contributed by atoms with Gasteiger partial charge in [-0.15, -0.1) is 0 Å². The number of nitrogens with one attached hydrogen (secondary N) is 4. The van der Waals surface area contributed by atoms with Crippen molar-refractivity contribution in [2.45, 2.75) is 64.1 Å². The Morgan fingerprint density at radius 1 is 0.825 bits per heavy atom. The summed E-state index contributed by atoms with van der Waals surface area (Å²) in [7, 11) is -1.82. The fraction of sp³-hybridized carbons (Fsp3) is 0.298. The molecular formula is C47H51BN6O9. The van der Waals surface area contributed by atoms with Crippen LogP contribution in [0, 0.1) is 5.41 Å². The van der Waals surface area contributed by atoms with Crippen LogP contribution in [0.25, 0.3) is 11.1 Å². The van der Waals surface area contributed by atoms with E-state index in [4.69, 9.17) is 5.73 Å². The van der Waals surface area contributed by atoms with Gasteiger partial charge in [-0.1, -0.05) is 91.0 Å². The number of nitrogens with zero attached hydrogens (tertiary/aromatic N) is 1. The Labute approximate surface area is 365 Å². The summed E-state index contributed by atoms with van der Waals surface area (Å²) in [5.41, 5.74) is 8.83. The molecule has 0 unspecified atom stereocenters. The van der Waals surface area contributed by atoms with Crippen molar-refractivity contribution in [1.82, 2.24) is 26.2 Å². The molecule has 8 N–H and O–H groups in total. The minimum Gasteiger partial charge on any atom is -0.423 e. The largest absolute Gasteiger partial charge is 0.489 e. The summed E-state index contributed by atoms with van der Waals surface area (Å²) in [6, 6.07) is 26.2.